The number of hydrogen-bond acceptors (Lipinski definition) is 3. The van der Waals surface area contributed by atoms with Gasteiger partial charge in [-0.2, -0.15) is 0 Å². The lowest BCUT2D eigenvalue weighted by molar-refractivity contribution is 0.913. The molecule has 0 spiro atoms. The topological polar surface area (TPSA) is 63.8 Å². The van der Waals surface area contributed by atoms with Crippen LogP contribution in [0.25, 0.3) is 11.3 Å². The molecule has 1 heterocycles. The van der Waals surface area contributed by atoms with E-state index in [1.165, 1.54) is 16.7 Å². The van der Waals surface area contributed by atoms with E-state index in [1.54, 1.807) is 0 Å². The van der Waals surface area contributed by atoms with E-state index < -0.39 is 0 Å². The Hall–Kier alpha value is -2.01. The van der Waals surface area contributed by atoms with Crippen molar-refractivity contribution in [3.05, 3.63) is 41.6 Å². The van der Waals surface area contributed by atoms with Gasteiger partial charge in [-0.1, -0.05) is 24.3 Å². The van der Waals surface area contributed by atoms with Crippen molar-refractivity contribution in [1.29, 1.82) is 0 Å². The lowest BCUT2D eigenvalue weighted by Gasteiger charge is -2.18. The monoisotopic (exact) mass is 256 g/mol. The van der Waals surface area contributed by atoms with Gasteiger partial charge in [-0.05, 0) is 36.2 Å². The second-order valence-electron chi connectivity index (χ2n) is 4.21. The predicted molar refractivity (Wildman–Crippen MR) is 75.3 cm³/mol. The number of hydrogen-bond donors (Lipinski definition) is 2. The number of nitrogens with two attached hydrogens (primary N) is 1. The predicted octanol–water partition coefficient (Wildman–Crippen LogP) is 1.90. The summed E-state index contributed by atoms with van der Waals surface area (Å²) in [6.07, 6.45) is 3.85. The lowest BCUT2D eigenvalue weighted by atomic mass is 9.90. The van der Waals surface area contributed by atoms with E-state index in [4.69, 9.17) is 18.0 Å². The summed E-state index contributed by atoms with van der Waals surface area (Å²) >= 11 is 4.80. The van der Waals surface area contributed by atoms with Crippen molar-refractivity contribution in [1.82, 2.24) is 9.97 Å². The Kier molecular flexibility index (Phi) is 2.68. The second kappa shape index (κ2) is 4.34. The van der Waals surface area contributed by atoms with Crippen molar-refractivity contribution in [3.63, 3.8) is 0 Å². The molecule has 1 aliphatic carbocycles. The molecule has 0 saturated heterocycles. The van der Waals surface area contributed by atoms with Crippen molar-refractivity contribution in [2.45, 2.75) is 12.8 Å². The first-order chi connectivity index (χ1) is 8.74. The number of anilines is 1. The highest BCUT2D eigenvalue weighted by Gasteiger charge is 2.17. The van der Waals surface area contributed by atoms with Crippen LogP contribution in [0.4, 0.5) is 5.95 Å². The summed E-state index contributed by atoms with van der Waals surface area (Å²) in [4.78, 5) is 8.72. The largest absolute Gasteiger partial charge is 0.376 e. The van der Waals surface area contributed by atoms with E-state index in [1.807, 2.05) is 12.3 Å². The van der Waals surface area contributed by atoms with Gasteiger partial charge in [-0.15, -0.1) is 0 Å². The summed E-state index contributed by atoms with van der Waals surface area (Å²) in [5.41, 5.74) is 10.1. The Bertz CT molecular complexity index is 624. The van der Waals surface area contributed by atoms with Crippen LogP contribution in [0.1, 0.15) is 11.1 Å². The van der Waals surface area contributed by atoms with Crippen molar-refractivity contribution in [2.24, 2.45) is 5.73 Å². The number of fused-ring (bicyclic) bond motifs is 3. The molecule has 90 valence electrons. The van der Waals surface area contributed by atoms with E-state index in [-0.39, 0.29) is 5.11 Å². The molecule has 0 bridgehead atoms. The quantitative estimate of drug-likeness (QED) is 0.763. The standard InChI is InChI=1S/C13H12N4S/c14-12(18)17-13-15-7-9-6-5-8-3-1-2-4-10(8)11(9)16-13/h1-4,7H,5-6H2,(H3,14,15,16,17,18). The van der Waals surface area contributed by atoms with Gasteiger partial charge >= 0.3 is 0 Å². The fraction of sp³-hybridized carbons (Fsp3) is 0.154. The minimum absolute atomic E-state index is 0.180. The maximum absolute atomic E-state index is 5.44. The highest BCUT2D eigenvalue weighted by Crippen LogP contribution is 2.31. The van der Waals surface area contributed by atoms with Crippen molar-refractivity contribution in [2.75, 3.05) is 5.32 Å². The van der Waals surface area contributed by atoms with Crippen molar-refractivity contribution >= 4 is 23.3 Å². The van der Waals surface area contributed by atoms with Gasteiger partial charge in [-0.25, -0.2) is 9.97 Å². The lowest BCUT2D eigenvalue weighted by Crippen LogP contribution is -2.21. The molecule has 0 fully saturated rings. The average molecular weight is 256 g/mol. The van der Waals surface area contributed by atoms with Crippen LogP contribution in [0.3, 0.4) is 0 Å². The number of rotatable bonds is 1. The fourth-order valence-electron chi connectivity index (χ4n) is 2.23. The Labute approximate surface area is 110 Å². The van der Waals surface area contributed by atoms with E-state index >= 15 is 0 Å². The minimum atomic E-state index is 0.180. The highest BCUT2D eigenvalue weighted by atomic mass is 32.1. The highest BCUT2D eigenvalue weighted by molar-refractivity contribution is 7.80. The number of aromatic nitrogens is 2. The molecule has 1 aliphatic rings. The first-order valence-corrected chi connectivity index (χ1v) is 6.15. The van der Waals surface area contributed by atoms with Gasteiger partial charge in [0, 0.05) is 11.8 Å². The summed E-state index contributed by atoms with van der Waals surface area (Å²) < 4.78 is 0. The average Bonchev–Trinajstić information content (AvgIpc) is 2.38. The van der Waals surface area contributed by atoms with Crippen LogP contribution in [-0.4, -0.2) is 15.1 Å². The number of nitrogens with one attached hydrogen (secondary N) is 1. The molecule has 1 aromatic carbocycles. The Balaban J connectivity index is 2.10. The third-order valence-electron chi connectivity index (χ3n) is 3.04. The molecular weight excluding hydrogens is 244 g/mol. The van der Waals surface area contributed by atoms with Gasteiger partial charge in [0.1, 0.15) is 0 Å². The summed E-state index contributed by atoms with van der Waals surface area (Å²) in [5.74, 6) is 0.456. The molecule has 0 aliphatic heterocycles. The molecular formula is C13H12N4S. The molecule has 0 unspecified atom stereocenters. The van der Waals surface area contributed by atoms with Crippen molar-refractivity contribution < 1.29 is 0 Å². The maximum atomic E-state index is 5.44. The van der Waals surface area contributed by atoms with Crippen LogP contribution in [0.15, 0.2) is 30.5 Å². The first kappa shape index (κ1) is 11.1. The Morgan fingerprint density at radius 2 is 2.00 bits per heavy atom. The fourth-order valence-corrected chi connectivity index (χ4v) is 2.32. The zero-order chi connectivity index (χ0) is 12.5. The molecule has 18 heavy (non-hydrogen) atoms. The van der Waals surface area contributed by atoms with Crippen LogP contribution in [0.5, 0.6) is 0 Å². The van der Waals surface area contributed by atoms with Crippen LogP contribution in [0, 0.1) is 0 Å². The van der Waals surface area contributed by atoms with Crippen LogP contribution >= 0.6 is 12.2 Å². The molecule has 4 nitrogen and oxygen atoms in total. The number of benzene rings is 1. The van der Waals surface area contributed by atoms with E-state index in [0.717, 1.165) is 18.5 Å². The summed E-state index contributed by atoms with van der Waals surface area (Å²) in [6, 6.07) is 8.31. The smallest absolute Gasteiger partial charge is 0.229 e. The number of thiocarbonyl (C=S) groups is 1. The zero-order valence-corrected chi connectivity index (χ0v) is 10.5. The van der Waals surface area contributed by atoms with Crippen LogP contribution < -0.4 is 11.1 Å². The third kappa shape index (κ3) is 1.93. The zero-order valence-electron chi connectivity index (χ0n) is 9.68. The van der Waals surface area contributed by atoms with Gasteiger partial charge in [0.15, 0.2) is 5.11 Å². The summed E-state index contributed by atoms with van der Waals surface area (Å²) in [7, 11) is 0. The minimum Gasteiger partial charge on any atom is -0.376 e. The third-order valence-corrected chi connectivity index (χ3v) is 3.14. The maximum Gasteiger partial charge on any atom is 0.229 e. The molecule has 0 atom stereocenters. The second-order valence-corrected chi connectivity index (χ2v) is 4.65. The molecule has 0 amide bonds. The van der Waals surface area contributed by atoms with Crippen LogP contribution in [-0.2, 0) is 12.8 Å². The van der Waals surface area contributed by atoms with E-state index in [9.17, 15) is 0 Å². The molecule has 1 aromatic heterocycles. The van der Waals surface area contributed by atoms with Gasteiger partial charge in [0.25, 0.3) is 0 Å². The van der Waals surface area contributed by atoms with E-state index in [0.29, 0.717) is 5.95 Å². The van der Waals surface area contributed by atoms with Gasteiger partial charge in [-0.3, -0.25) is 0 Å². The number of aryl methyl sites for hydroxylation is 2. The molecule has 5 heteroatoms. The molecule has 0 saturated carbocycles. The van der Waals surface area contributed by atoms with Crippen molar-refractivity contribution in [3.8, 4) is 11.3 Å². The van der Waals surface area contributed by atoms with Gasteiger partial charge in [0.05, 0.1) is 5.69 Å². The SMILES string of the molecule is NC(=S)Nc1ncc2c(n1)-c1ccccc1CC2. The number of nitrogens with zero attached hydrogens (tertiary/aromatic N) is 2. The Morgan fingerprint density at radius 3 is 2.83 bits per heavy atom. The van der Waals surface area contributed by atoms with Gasteiger partial charge < -0.3 is 11.1 Å². The van der Waals surface area contributed by atoms with E-state index in [2.05, 4.69) is 33.5 Å². The van der Waals surface area contributed by atoms with Gasteiger partial charge in [0.2, 0.25) is 5.95 Å². The molecule has 2 aromatic rings. The molecule has 3 N–H and O–H groups in total. The molecule has 0 radical (unpaired) electrons. The summed E-state index contributed by atoms with van der Waals surface area (Å²) in [6.45, 7) is 0. The normalized spacial score (nSPS) is 12.4. The molecule has 3 rings (SSSR count). The summed E-state index contributed by atoms with van der Waals surface area (Å²) in [5, 5.41) is 2.95. The van der Waals surface area contributed by atoms with Crippen LogP contribution in [0.2, 0.25) is 0 Å². The Morgan fingerprint density at radius 1 is 1.22 bits per heavy atom. The first-order valence-electron chi connectivity index (χ1n) is 5.74.